The number of carbonyl (C=O) groups excluding carboxylic acids is 1. The molecule has 0 aromatic carbocycles. The first kappa shape index (κ1) is 13.1. The summed E-state index contributed by atoms with van der Waals surface area (Å²) >= 11 is 0. The number of rotatable bonds is 2. The van der Waals surface area contributed by atoms with Crippen LogP contribution in [0.15, 0.2) is 5.16 Å². The number of carbonyl (C=O) groups is 1. The van der Waals surface area contributed by atoms with Crippen molar-refractivity contribution >= 4 is 11.7 Å². The highest BCUT2D eigenvalue weighted by molar-refractivity contribution is 5.84. The molecule has 6 heteroatoms. The van der Waals surface area contributed by atoms with E-state index in [1.165, 1.54) is 0 Å². The minimum Gasteiger partial charge on any atom is -0.409 e. The van der Waals surface area contributed by atoms with Gasteiger partial charge in [0.25, 0.3) is 5.91 Å². The molecule has 0 aliphatic carbocycles. The van der Waals surface area contributed by atoms with Gasteiger partial charge in [-0.3, -0.25) is 4.79 Å². The van der Waals surface area contributed by atoms with Gasteiger partial charge in [0, 0.05) is 19.0 Å². The highest BCUT2D eigenvalue weighted by atomic mass is 16.5. The van der Waals surface area contributed by atoms with Crippen molar-refractivity contribution < 1.29 is 14.7 Å². The molecule has 0 spiro atoms. The van der Waals surface area contributed by atoms with E-state index in [1.54, 1.807) is 0 Å². The first-order valence-corrected chi connectivity index (χ1v) is 6.53. The largest absolute Gasteiger partial charge is 0.409 e. The second-order valence-corrected chi connectivity index (χ2v) is 5.14. The molecule has 0 radical (unpaired) electrons. The number of nitrogens with two attached hydrogens (primary N) is 1. The number of amidine groups is 1. The van der Waals surface area contributed by atoms with Crippen LogP contribution >= 0.6 is 0 Å². The maximum atomic E-state index is 12.2. The van der Waals surface area contributed by atoms with E-state index in [2.05, 4.69) is 5.16 Å². The fourth-order valence-electron chi connectivity index (χ4n) is 2.67. The topological polar surface area (TPSA) is 88.2 Å². The molecule has 0 saturated carbocycles. The van der Waals surface area contributed by atoms with Gasteiger partial charge in [-0.25, -0.2) is 0 Å². The minimum absolute atomic E-state index is 0.0856. The molecule has 2 saturated heterocycles. The Morgan fingerprint density at radius 1 is 1.33 bits per heavy atom. The van der Waals surface area contributed by atoms with Crippen LogP contribution in [0.25, 0.3) is 0 Å². The van der Waals surface area contributed by atoms with Crippen molar-refractivity contribution in [1.29, 1.82) is 0 Å². The van der Waals surface area contributed by atoms with Gasteiger partial charge in [0.15, 0.2) is 0 Å². The third-order valence-corrected chi connectivity index (χ3v) is 3.85. The van der Waals surface area contributed by atoms with Gasteiger partial charge in [-0.2, -0.15) is 0 Å². The lowest BCUT2D eigenvalue weighted by Gasteiger charge is -2.32. The second kappa shape index (κ2) is 5.56. The van der Waals surface area contributed by atoms with Crippen LogP contribution in [0.5, 0.6) is 0 Å². The van der Waals surface area contributed by atoms with Crippen molar-refractivity contribution in [2.75, 3.05) is 13.1 Å². The Balaban J connectivity index is 1.84. The molecule has 3 N–H and O–H groups in total. The summed E-state index contributed by atoms with van der Waals surface area (Å²) in [6.45, 7) is 3.32. The molecule has 0 bridgehead atoms. The van der Waals surface area contributed by atoms with Crippen molar-refractivity contribution in [2.24, 2.45) is 16.8 Å². The summed E-state index contributed by atoms with van der Waals surface area (Å²) in [5.74, 6) is 0.451. The number of piperidine rings is 1. The molecule has 2 heterocycles. The van der Waals surface area contributed by atoms with Crippen LogP contribution in [0.4, 0.5) is 0 Å². The Kier molecular flexibility index (Phi) is 4.06. The van der Waals surface area contributed by atoms with E-state index in [1.807, 2.05) is 11.8 Å². The molecule has 1 amide bonds. The maximum absolute atomic E-state index is 12.2. The Morgan fingerprint density at radius 2 is 2.00 bits per heavy atom. The Hall–Kier alpha value is -1.30. The summed E-state index contributed by atoms with van der Waals surface area (Å²) in [5.41, 5.74) is 5.58. The van der Waals surface area contributed by atoms with Crippen LogP contribution in [0.3, 0.4) is 0 Å². The molecule has 18 heavy (non-hydrogen) atoms. The van der Waals surface area contributed by atoms with Gasteiger partial charge in [0.1, 0.15) is 11.9 Å². The molecule has 2 rings (SSSR count). The van der Waals surface area contributed by atoms with Gasteiger partial charge in [0.2, 0.25) is 0 Å². The third-order valence-electron chi connectivity index (χ3n) is 3.85. The molecule has 2 aliphatic rings. The number of likely N-dealkylation sites (tertiary alicyclic amines) is 1. The smallest absolute Gasteiger partial charge is 0.251 e. The average molecular weight is 255 g/mol. The minimum atomic E-state index is -0.264. The van der Waals surface area contributed by atoms with Gasteiger partial charge >= 0.3 is 0 Å². The molecule has 2 aliphatic heterocycles. The van der Waals surface area contributed by atoms with Crippen LogP contribution in [-0.4, -0.2) is 47.1 Å². The van der Waals surface area contributed by atoms with Crippen LogP contribution < -0.4 is 5.73 Å². The molecule has 102 valence electrons. The van der Waals surface area contributed by atoms with Gasteiger partial charge < -0.3 is 20.6 Å². The van der Waals surface area contributed by atoms with Gasteiger partial charge in [-0.05, 0) is 32.6 Å². The number of nitrogens with zero attached hydrogens (tertiary/aromatic N) is 2. The Morgan fingerprint density at radius 3 is 2.50 bits per heavy atom. The average Bonchev–Trinajstić information content (AvgIpc) is 2.84. The lowest BCUT2D eigenvalue weighted by Crippen LogP contribution is -2.45. The van der Waals surface area contributed by atoms with Gasteiger partial charge in [-0.15, -0.1) is 0 Å². The summed E-state index contributed by atoms with van der Waals surface area (Å²) in [6, 6.07) is 0. The zero-order valence-corrected chi connectivity index (χ0v) is 10.7. The first-order chi connectivity index (χ1) is 8.61. The number of ether oxygens (including phenoxy) is 1. The zero-order chi connectivity index (χ0) is 13.1. The standard InChI is InChI=1S/C12H21N3O3/c1-8-2-3-10(18-8)12(16)15-6-4-9(5-7-15)11(13)14-17/h8-10,17H,2-7H2,1H3,(H2,13,14). The van der Waals surface area contributed by atoms with Crippen molar-refractivity contribution in [1.82, 2.24) is 4.90 Å². The molecular formula is C12H21N3O3. The highest BCUT2D eigenvalue weighted by Crippen LogP contribution is 2.24. The number of amides is 1. The Bertz CT molecular complexity index is 337. The number of hydrogen-bond acceptors (Lipinski definition) is 4. The summed E-state index contributed by atoms with van der Waals surface area (Å²) < 4.78 is 5.59. The van der Waals surface area contributed by atoms with Crippen LogP contribution in [0.2, 0.25) is 0 Å². The summed E-state index contributed by atoms with van der Waals surface area (Å²) in [6.07, 6.45) is 3.21. The van der Waals surface area contributed by atoms with Crippen LogP contribution in [0, 0.1) is 5.92 Å². The normalized spacial score (nSPS) is 30.7. The van der Waals surface area contributed by atoms with E-state index >= 15 is 0 Å². The fourth-order valence-corrected chi connectivity index (χ4v) is 2.67. The summed E-state index contributed by atoms with van der Waals surface area (Å²) in [7, 11) is 0. The monoisotopic (exact) mass is 255 g/mol. The molecule has 6 nitrogen and oxygen atoms in total. The van der Waals surface area contributed by atoms with Crippen LogP contribution in [0.1, 0.15) is 32.6 Å². The van der Waals surface area contributed by atoms with Crippen molar-refractivity contribution in [3.8, 4) is 0 Å². The van der Waals surface area contributed by atoms with E-state index in [4.69, 9.17) is 15.7 Å². The number of oxime groups is 1. The lowest BCUT2D eigenvalue weighted by molar-refractivity contribution is -0.143. The zero-order valence-electron chi connectivity index (χ0n) is 10.7. The predicted molar refractivity (Wildman–Crippen MR) is 66.3 cm³/mol. The third kappa shape index (κ3) is 2.75. The van der Waals surface area contributed by atoms with E-state index in [0.29, 0.717) is 13.1 Å². The number of hydrogen-bond donors (Lipinski definition) is 2. The van der Waals surface area contributed by atoms with E-state index in [9.17, 15) is 4.79 Å². The van der Waals surface area contributed by atoms with E-state index in [-0.39, 0.29) is 29.9 Å². The highest BCUT2D eigenvalue weighted by Gasteiger charge is 2.33. The lowest BCUT2D eigenvalue weighted by atomic mass is 9.95. The molecular weight excluding hydrogens is 234 g/mol. The van der Waals surface area contributed by atoms with Gasteiger partial charge in [-0.1, -0.05) is 5.16 Å². The van der Waals surface area contributed by atoms with E-state index in [0.717, 1.165) is 25.7 Å². The molecule has 0 aromatic rings. The van der Waals surface area contributed by atoms with Crippen molar-refractivity contribution in [3.63, 3.8) is 0 Å². The van der Waals surface area contributed by atoms with Crippen LogP contribution in [-0.2, 0) is 9.53 Å². The van der Waals surface area contributed by atoms with Crippen molar-refractivity contribution in [3.05, 3.63) is 0 Å². The maximum Gasteiger partial charge on any atom is 0.251 e. The fraction of sp³-hybridized carbons (Fsp3) is 0.833. The molecule has 0 aromatic heterocycles. The van der Waals surface area contributed by atoms with E-state index < -0.39 is 0 Å². The Labute approximate surface area is 107 Å². The molecule has 2 fully saturated rings. The summed E-state index contributed by atoms with van der Waals surface area (Å²) in [5, 5.41) is 11.7. The van der Waals surface area contributed by atoms with Crippen molar-refractivity contribution in [2.45, 2.75) is 44.8 Å². The molecule has 2 unspecified atom stereocenters. The molecule has 2 atom stereocenters. The quantitative estimate of drug-likeness (QED) is 0.326. The summed E-state index contributed by atoms with van der Waals surface area (Å²) in [4.78, 5) is 14.0. The first-order valence-electron chi connectivity index (χ1n) is 6.53. The van der Waals surface area contributed by atoms with Gasteiger partial charge in [0.05, 0.1) is 6.10 Å². The second-order valence-electron chi connectivity index (χ2n) is 5.14. The SMILES string of the molecule is CC1CCC(C(=O)N2CCC(C(N)=NO)CC2)O1. The predicted octanol–water partition coefficient (Wildman–Crippen LogP) is 0.539.